The minimum Gasteiger partial charge on any atom is -0.478 e. The third kappa shape index (κ3) is 2.66. The van der Waals surface area contributed by atoms with Crippen molar-refractivity contribution in [1.82, 2.24) is 0 Å². The Hall–Kier alpha value is -2.71. The van der Waals surface area contributed by atoms with E-state index in [0.717, 1.165) is 0 Å². The van der Waals surface area contributed by atoms with Crippen LogP contribution in [0.5, 0.6) is 0 Å². The summed E-state index contributed by atoms with van der Waals surface area (Å²) in [5, 5.41) is 21.3. The van der Waals surface area contributed by atoms with E-state index in [9.17, 15) is 4.79 Å². The maximum absolute atomic E-state index is 11.2. The molecular weight excluding hydrogens is 278 g/mol. The Morgan fingerprint density at radius 2 is 2.10 bits per heavy atom. The van der Waals surface area contributed by atoms with Crippen LogP contribution >= 0.6 is 11.6 Å². The van der Waals surface area contributed by atoms with Crippen LogP contribution in [0.25, 0.3) is 0 Å². The first-order valence-corrected chi connectivity index (χ1v) is 5.99. The Kier molecular flexibility index (Phi) is 3.78. The standard InChI is InChI=1S/C14H10ClN3O2/c15-10-5-4-8(7-16)6-12(10)18-13-9(14(19)20)2-1-3-11(13)17/h1-6,18H,17H2,(H,19,20). The summed E-state index contributed by atoms with van der Waals surface area (Å²) in [5.74, 6) is -1.10. The lowest BCUT2D eigenvalue weighted by Crippen LogP contribution is -2.06. The number of carboxylic acids is 1. The Morgan fingerprint density at radius 3 is 2.75 bits per heavy atom. The molecule has 4 N–H and O–H groups in total. The van der Waals surface area contributed by atoms with Gasteiger partial charge in [0.1, 0.15) is 0 Å². The van der Waals surface area contributed by atoms with E-state index in [1.165, 1.54) is 12.1 Å². The zero-order valence-corrected chi connectivity index (χ0v) is 11.0. The van der Waals surface area contributed by atoms with Crippen molar-refractivity contribution in [1.29, 1.82) is 5.26 Å². The van der Waals surface area contributed by atoms with Crippen LogP contribution in [0.4, 0.5) is 17.1 Å². The van der Waals surface area contributed by atoms with E-state index in [-0.39, 0.29) is 16.9 Å². The number of nitriles is 1. The van der Waals surface area contributed by atoms with E-state index in [1.54, 1.807) is 24.3 Å². The van der Waals surface area contributed by atoms with E-state index in [0.29, 0.717) is 16.3 Å². The first kappa shape index (κ1) is 13.7. The number of para-hydroxylation sites is 1. The van der Waals surface area contributed by atoms with Crippen LogP contribution in [0.15, 0.2) is 36.4 Å². The number of nitrogens with two attached hydrogens (primary N) is 1. The van der Waals surface area contributed by atoms with Gasteiger partial charge in [0.2, 0.25) is 0 Å². The Labute approximate surface area is 120 Å². The number of anilines is 3. The topological polar surface area (TPSA) is 99.1 Å². The second kappa shape index (κ2) is 5.51. The zero-order valence-electron chi connectivity index (χ0n) is 10.2. The maximum Gasteiger partial charge on any atom is 0.337 e. The quantitative estimate of drug-likeness (QED) is 0.753. The minimum absolute atomic E-state index is 0.0310. The Morgan fingerprint density at radius 1 is 1.35 bits per heavy atom. The summed E-state index contributed by atoms with van der Waals surface area (Å²) >= 11 is 6.03. The molecule has 0 aliphatic heterocycles. The molecule has 0 unspecified atom stereocenters. The molecule has 0 heterocycles. The molecule has 0 bridgehead atoms. The predicted octanol–water partition coefficient (Wildman–Crippen LogP) is 3.24. The van der Waals surface area contributed by atoms with Crippen LogP contribution < -0.4 is 11.1 Å². The molecule has 0 fully saturated rings. The fourth-order valence-electron chi connectivity index (χ4n) is 1.71. The van der Waals surface area contributed by atoms with Gasteiger partial charge in [-0.3, -0.25) is 0 Å². The van der Waals surface area contributed by atoms with Crippen molar-refractivity contribution >= 4 is 34.6 Å². The molecule has 0 saturated heterocycles. The third-order valence-corrected chi connectivity index (χ3v) is 3.01. The van der Waals surface area contributed by atoms with Crippen molar-refractivity contribution in [3.05, 3.63) is 52.5 Å². The number of hydrogen-bond acceptors (Lipinski definition) is 4. The molecule has 6 heteroatoms. The normalized spacial score (nSPS) is 9.80. The number of carboxylic acid groups (broad SMARTS) is 1. The van der Waals surface area contributed by atoms with Crippen molar-refractivity contribution in [3.8, 4) is 6.07 Å². The molecule has 2 aromatic rings. The summed E-state index contributed by atoms with van der Waals surface area (Å²) in [6.07, 6.45) is 0. The van der Waals surface area contributed by atoms with Crippen LogP contribution in [0.2, 0.25) is 5.02 Å². The molecule has 0 amide bonds. The van der Waals surface area contributed by atoms with Gasteiger partial charge in [-0.05, 0) is 30.3 Å². The number of halogens is 1. The fourth-order valence-corrected chi connectivity index (χ4v) is 1.88. The van der Waals surface area contributed by atoms with Crippen LogP contribution in [-0.4, -0.2) is 11.1 Å². The molecule has 0 aliphatic rings. The van der Waals surface area contributed by atoms with Gasteiger partial charge < -0.3 is 16.2 Å². The number of carbonyl (C=O) groups is 1. The number of benzene rings is 2. The van der Waals surface area contributed by atoms with Crippen molar-refractivity contribution in [2.24, 2.45) is 0 Å². The second-order valence-corrected chi connectivity index (χ2v) is 4.41. The van der Waals surface area contributed by atoms with Crippen LogP contribution in [0.3, 0.4) is 0 Å². The highest BCUT2D eigenvalue weighted by atomic mass is 35.5. The molecule has 0 aliphatic carbocycles. The van der Waals surface area contributed by atoms with Crippen molar-refractivity contribution in [2.75, 3.05) is 11.1 Å². The molecule has 0 aromatic heterocycles. The highest BCUT2D eigenvalue weighted by Gasteiger charge is 2.14. The van der Waals surface area contributed by atoms with E-state index in [4.69, 9.17) is 27.7 Å². The van der Waals surface area contributed by atoms with Gasteiger partial charge in [-0.2, -0.15) is 5.26 Å². The van der Waals surface area contributed by atoms with E-state index >= 15 is 0 Å². The molecular formula is C14H10ClN3O2. The average Bonchev–Trinajstić information content (AvgIpc) is 2.43. The van der Waals surface area contributed by atoms with Gasteiger partial charge >= 0.3 is 5.97 Å². The highest BCUT2D eigenvalue weighted by Crippen LogP contribution is 2.31. The predicted molar refractivity (Wildman–Crippen MR) is 77.3 cm³/mol. The summed E-state index contributed by atoms with van der Waals surface area (Å²) < 4.78 is 0. The SMILES string of the molecule is N#Cc1ccc(Cl)c(Nc2c(N)cccc2C(=O)O)c1. The molecule has 2 aromatic carbocycles. The van der Waals surface area contributed by atoms with Crippen LogP contribution in [0, 0.1) is 11.3 Å². The number of nitrogen functional groups attached to an aromatic ring is 1. The maximum atomic E-state index is 11.2. The van der Waals surface area contributed by atoms with Crippen LogP contribution in [0.1, 0.15) is 15.9 Å². The second-order valence-electron chi connectivity index (χ2n) is 4.01. The summed E-state index contributed by atoms with van der Waals surface area (Å²) in [6.45, 7) is 0. The monoisotopic (exact) mass is 287 g/mol. The van der Waals surface area contributed by atoms with Crippen molar-refractivity contribution in [3.63, 3.8) is 0 Å². The molecule has 0 saturated carbocycles. The fraction of sp³-hybridized carbons (Fsp3) is 0. The third-order valence-electron chi connectivity index (χ3n) is 2.68. The van der Waals surface area contributed by atoms with Crippen LogP contribution in [-0.2, 0) is 0 Å². The molecule has 100 valence electrons. The summed E-state index contributed by atoms with van der Waals surface area (Å²) in [4.78, 5) is 11.2. The first-order chi connectivity index (χ1) is 9.52. The molecule has 20 heavy (non-hydrogen) atoms. The smallest absolute Gasteiger partial charge is 0.337 e. The number of rotatable bonds is 3. The summed E-state index contributed by atoms with van der Waals surface area (Å²) in [6, 6.07) is 11.2. The average molecular weight is 288 g/mol. The van der Waals surface area contributed by atoms with Gasteiger partial charge in [0.25, 0.3) is 0 Å². The number of aromatic carboxylic acids is 1. The summed E-state index contributed by atoms with van der Waals surface area (Å²) in [5.41, 5.74) is 7.18. The van der Waals surface area contributed by atoms with E-state index < -0.39 is 5.97 Å². The van der Waals surface area contributed by atoms with Gasteiger partial charge in [-0.1, -0.05) is 17.7 Å². The van der Waals surface area contributed by atoms with Gasteiger partial charge in [-0.15, -0.1) is 0 Å². The highest BCUT2D eigenvalue weighted by molar-refractivity contribution is 6.33. The zero-order chi connectivity index (χ0) is 14.7. The van der Waals surface area contributed by atoms with E-state index in [1.807, 2.05) is 6.07 Å². The van der Waals surface area contributed by atoms with Crippen molar-refractivity contribution < 1.29 is 9.90 Å². The Bertz CT molecular complexity index is 723. The largest absolute Gasteiger partial charge is 0.478 e. The minimum atomic E-state index is -1.10. The van der Waals surface area contributed by atoms with Gasteiger partial charge in [0, 0.05) is 0 Å². The first-order valence-electron chi connectivity index (χ1n) is 5.61. The van der Waals surface area contributed by atoms with Gasteiger partial charge in [0.15, 0.2) is 0 Å². The molecule has 0 spiro atoms. The van der Waals surface area contributed by atoms with E-state index in [2.05, 4.69) is 5.32 Å². The molecule has 5 nitrogen and oxygen atoms in total. The molecule has 2 rings (SSSR count). The van der Waals surface area contributed by atoms with Crippen molar-refractivity contribution in [2.45, 2.75) is 0 Å². The molecule has 0 atom stereocenters. The number of nitrogens with one attached hydrogen (secondary N) is 1. The lowest BCUT2D eigenvalue weighted by Gasteiger charge is -2.13. The number of nitrogens with zero attached hydrogens (tertiary/aromatic N) is 1. The summed E-state index contributed by atoms with van der Waals surface area (Å²) in [7, 11) is 0. The van der Waals surface area contributed by atoms with Gasteiger partial charge in [-0.25, -0.2) is 4.79 Å². The Balaban J connectivity index is 2.50. The lowest BCUT2D eigenvalue weighted by molar-refractivity contribution is 0.0698. The number of hydrogen-bond donors (Lipinski definition) is 3. The van der Waals surface area contributed by atoms with Gasteiger partial charge in [0.05, 0.1) is 39.3 Å². The lowest BCUT2D eigenvalue weighted by atomic mass is 10.1. The molecule has 0 radical (unpaired) electrons.